The summed E-state index contributed by atoms with van der Waals surface area (Å²) in [5, 5.41) is 4.41. The second-order valence-corrected chi connectivity index (χ2v) is 5.19. The fraction of sp³-hybridized carbons (Fsp3) is 0.769. The molecule has 1 aromatic rings. The number of aryl methyl sites for hydroxylation is 1. The first kappa shape index (κ1) is 11.6. The van der Waals surface area contributed by atoms with Gasteiger partial charge in [-0.1, -0.05) is 19.3 Å². The Morgan fingerprint density at radius 3 is 2.75 bits per heavy atom. The van der Waals surface area contributed by atoms with Crippen LogP contribution < -0.4 is 5.73 Å². The zero-order valence-electron chi connectivity index (χ0n) is 10.4. The van der Waals surface area contributed by atoms with E-state index in [1.54, 1.807) is 0 Å². The van der Waals surface area contributed by atoms with Crippen molar-refractivity contribution in [3.63, 3.8) is 0 Å². The van der Waals surface area contributed by atoms with Crippen LogP contribution in [0.2, 0.25) is 0 Å². The fourth-order valence-electron chi connectivity index (χ4n) is 2.90. The molecule has 0 amide bonds. The van der Waals surface area contributed by atoms with Crippen LogP contribution in [-0.4, -0.2) is 15.8 Å². The van der Waals surface area contributed by atoms with Crippen molar-refractivity contribution < 1.29 is 0 Å². The third-order valence-electron chi connectivity index (χ3n) is 3.60. The van der Waals surface area contributed by atoms with Gasteiger partial charge in [-0.3, -0.25) is 4.68 Å². The second kappa shape index (κ2) is 5.00. The van der Waals surface area contributed by atoms with Crippen molar-refractivity contribution >= 4 is 0 Å². The van der Waals surface area contributed by atoms with Crippen LogP contribution in [0.4, 0.5) is 0 Å². The third kappa shape index (κ3) is 2.46. The minimum atomic E-state index is 0.228. The summed E-state index contributed by atoms with van der Waals surface area (Å²) in [4.78, 5) is 0. The number of hydrogen-bond donors (Lipinski definition) is 1. The largest absolute Gasteiger partial charge is 0.328 e. The van der Waals surface area contributed by atoms with Crippen molar-refractivity contribution in [2.24, 2.45) is 12.8 Å². The van der Waals surface area contributed by atoms with E-state index in [1.165, 1.54) is 43.4 Å². The Kier molecular flexibility index (Phi) is 3.64. The maximum absolute atomic E-state index is 5.90. The van der Waals surface area contributed by atoms with E-state index in [2.05, 4.69) is 23.8 Å². The molecule has 1 aliphatic rings. The lowest BCUT2D eigenvalue weighted by Gasteiger charge is -2.23. The number of rotatable bonds is 3. The van der Waals surface area contributed by atoms with E-state index in [0.29, 0.717) is 0 Å². The Labute approximate surface area is 98.0 Å². The van der Waals surface area contributed by atoms with Gasteiger partial charge in [0.25, 0.3) is 0 Å². The average molecular weight is 221 g/mol. The van der Waals surface area contributed by atoms with Gasteiger partial charge in [0.15, 0.2) is 0 Å². The summed E-state index contributed by atoms with van der Waals surface area (Å²) in [5.41, 5.74) is 8.70. The van der Waals surface area contributed by atoms with E-state index in [1.807, 2.05) is 6.20 Å². The molecular formula is C13H23N3. The van der Waals surface area contributed by atoms with Crippen molar-refractivity contribution in [1.82, 2.24) is 9.78 Å². The summed E-state index contributed by atoms with van der Waals surface area (Å²) < 4.78 is 2.06. The monoisotopic (exact) mass is 221 g/mol. The van der Waals surface area contributed by atoms with Gasteiger partial charge < -0.3 is 5.73 Å². The van der Waals surface area contributed by atoms with Crippen LogP contribution in [0.5, 0.6) is 0 Å². The molecule has 0 saturated heterocycles. The van der Waals surface area contributed by atoms with Gasteiger partial charge in [-0.05, 0) is 31.7 Å². The SMILES string of the molecule is CC(N)Cc1cnn(C)c1C1CCCCC1. The first-order valence-corrected chi connectivity index (χ1v) is 6.45. The molecule has 1 atom stereocenters. The fourth-order valence-corrected chi connectivity index (χ4v) is 2.90. The minimum Gasteiger partial charge on any atom is -0.328 e. The smallest absolute Gasteiger partial charge is 0.0525 e. The van der Waals surface area contributed by atoms with E-state index in [4.69, 9.17) is 5.73 Å². The van der Waals surface area contributed by atoms with Gasteiger partial charge in [-0.25, -0.2) is 0 Å². The maximum atomic E-state index is 5.90. The van der Waals surface area contributed by atoms with Gasteiger partial charge in [-0.15, -0.1) is 0 Å². The second-order valence-electron chi connectivity index (χ2n) is 5.19. The summed E-state index contributed by atoms with van der Waals surface area (Å²) in [7, 11) is 2.06. The van der Waals surface area contributed by atoms with E-state index in [0.717, 1.165) is 12.3 Å². The predicted molar refractivity (Wildman–Crippen MR) is 66.4 cm³/mol. The van der Waals surface area contributed by atoms with Crippen molar-refractivity contribution in [3.8, 4) is 0 Å². The quantitative estimate of drug-likeness (QED) is 0.851. The highest BCUT2D eigenvalue weighted by Crippen LogP contribution is 2.34. The summed E-state index contributed by atoms with van der Waals surface area (Å²) in [6.45, 7) is 2.07. The van der Waals surface area contributed by atoms with Gasteiger partial charge in [-0.2, -0.15) is 5.10 Å². The van der Waals surface area contributed by atoms with E-state index >= 15 is 0 Å². The molecule has 0 bridgehead atoms. The lowest BCUT2D eigenvalue weighted by atomic mass is 9.84. The normalized spacial score (nSPS) is 19.9. The minimum absolute atomic E-state index is 0.228. The molecular weight excluding hydrogens is 198 g/mol. The molecule has 1 unspecified atom stereocenters. The van der Waals surface area contributed by atoms with Crippen LogP contribution in [0.15, 0.2) is 6.20 Å². The molecule has 1 heterocycles. The lowest BCUT2D eigenvalue weighted by molar-refractivity contribution is 0.421. The van der Waals surface area contributed by atoms with Crippen molar-refractivity contribution in [1.29, 1.82) is 0 Å². The van der Waals surface area contributed by atoms with Gasteiger partial charge >= 0.3 is 0 Å². The Balaban J connectivity index is 2.19. The Morgan fingerprint density at radius 2 is 2.12 bits per heavy atom. The number of hydrogen-bond acceptors (Lipinski definition) is 2. The molecule has 1 aliphatic carbocycles. The predicted octanol–water partition coefficient (Wildman–Crippen LogP) is 2.36. The Hall–Kier alpha value is -0.830. The summed E-state index contributed by atoms with van der Waals surface area (Å²) in [6.07, 6.45) is 9.75. The molecule has 16 heavy (non-hydrogen) atoms. The van der Waals surface area contributed by atoms with Crippen LogP contribution >= 0.6 is 0 Å². The highest BCUT2D eigenvalue weighted by Gasteiger charge is 2.22. The summed E-state index contributed by atoms with van der Waals surface area (Å²) >= 11 is 0. The van der Waals surface area contributed by atoms with Crippen molar-refractivity contribution in [2.75, 3.05) is 0 Å². The topological polar surface area (TPSA) is 43.8 Å². The van der Waals surface area contributed by atoms with Crippen LogP contribution in [0.3, 0.4) is 0 Å². The van der Waals surface area contributed by atoms with E-state index in [-0.39, 0.29) is 6.04 Å². The molecule has 1 fully saturated rings. The van der Waals surface area contributed by atoms with Crippen LogP contribution in [-0.2, 0) is 13.5 Å². The zero-order chi connectivity index (χ0) is 11.5. The first-order valence-electron chi connectivity index (χ1n) is 6.45. The summed E-state index contributed by atoms with van der Waals surface area (Å²) in [6, 6.07) is 0.228. The molecule has 0 aromatic carbocycles. The molecule has 2 N–H and O–H groups in total. The molecule has 0 radical (unpaired) electrons. The molecule has 0 spiro atoms. The van der Waals surface area contributed by atoms with Crippen molar-refractivity contribution in [3.05, 3.63) is 17.5 Å². The highest BCUT2D eigenvalue weighted by molar-refractivity contribution is 5.23. The Morgan fingerprint density at radius 1 is 1.44 bits per heavy atom. The first-order chi connectivity index (χ1) is 7.68. The van der Waals surface area contributed by atoms with Gasteiger partial charge in [0, 0.05) is 24.7 Å². The molecule has 1 aromatic heterocycles. The zero-order valence-corrected chi connectivity index (χ0v) is 10.4. The number of nitrogens with two attached hydrogens (primary N) is 1. The molecule has 3 nitrogen and oxygen atoms in total. The maximum Gasteiger partial charge on any atom is 0.0525 e. The molecule has 90 valence electrons. The molecule has 1 saturated carbocycles. The number of nitrogens with zero attached hydrogens (tertiary/aromatic N) is 2. The summed E-state index contributed by atoms with van der Waals surface area (Å²) in [5.74, 6) is 0.718. The van der Waals surface area contributed by atoms with Gasteiger partial charge in [0.05, 0.1) is 6.20 Å². The van der Waals surface area contributed by atoms with E-state index < -0.39 is 0 Å². The van der Waals surface area contributed by atoms with Crippen molar-refractivity contribution in [2.45, 2.75) is 57.4 Å². The van der Waals surface area contributed by atoms with Gasteiger partial charge in [0.2, 0.25) is 0 Å². The molecule has 2 rings (SSSR count). The standard InChI is InChI=1S/C13H23N3/c1-10(14)8-12-9-15-16(2)13(12)11-6-4-3-5-7-11/h9-11H,3-8,14H2,1-2H3. The Bertz CT molecular complexity index is 335. The van der Waals surface area contributed by atoms with Crippen LogP contribution in [0.25, 0.3) is 0 Å². The van der Waals surface area contributed by atoms with Crippen LogP contribution in [0, 0.1) is 0 Å². The number of aromatic nitrogens is 2. The lowest BCUT2D eigenvalue weighted by Crippen LogP contribution is -2.20. The molecule has 0 aliphatic heterocycles. The van der Waals surface area contributed by atoms with E-state index in [9.17, 15) is 0 Å². The highest BCUT2D eigenvalue weighted by atomic mass is 15.3. The molecule has 3 heteroatoms. The van der Waals surface area contributed by atoms with Crippen LogP contribution in [0.1, 0.15) is 56.2 Å². The third-order valence-corrected chi connectivity index (χ3v) is 3.60. The van der Waals surface area contributed by atoms with Gasteiger partial charge in [0.1, 0.15) is 0 Å². The average Bonchev–Trinajstić information content (AvgIpc) is 2.60.